The fraction of sp³-hybridized carbons (Fsp3) is 0.385. The Bertz CT molecular complexity index is 823. The molecular weight excluding hydrogens is 272 g/mol. The van der Waals surface area contributed by atoms with Crippen molar-refractivity contribution >= 4 is 5.65 Å². The first-order valence-corrected chi connectivity index (χ1v) is 6.62. The van der Waals surface area contributed by atoms with Crippen molar-refractivity contribution in [2.24, 2.45) is 0 Å². The molecule has 0 aliphatic carbocycles. The number of rotatable bonds is 4. The Hall–Kier alpha value is -2.48. The van der Waals surface area contributed by atoms with Gasteiger partial charge in [0.05, 0.1) is 19.3 Å². The first kappa shape index (κ1) is 13.5. The molecule has 0 unspecified atom stereocenters. The highest BCUT2D eigenvalue weighted by Crippen LogP contribution is 2.15. The zero-order valence-corrected chi connectivity index (χ0v) is 11.8. The van der Waals surface area contributed by atoms with E-state index in [4.69, 9.17) is 0 Å². The predicted octanol–water partition coefficient (Wildman–Crippen LogP) is 0.0151. The van der Waals surface area contributed by atoms with E-state index in [0.29, 0.717) is 24.4 Å². The summed E-state index contributed by atoms with van der Waals surface area (Å²) in [6, 6.07) is 5.40. The lowest BCUT2D eigenvalue weighted by atomic mass is 10.1. The highest BCUT2D eigenvalue weighted by Gasteiger charge is 2.20. The van der Waals surface area contributed by atoms with Crippen LogP contribution in [0.3, 0.4) is 0 Å². The molecule has 3 heterocycles. The predicted molar refractivity (Wildman–Crippen MR) is 74.7 cm³/mol. The van der Waals surface area contributed by atoms with Crippen LogP contribution in [0.5, 0.6) is 0 Å². The number of hydrogen-bond donors (Lipinski definition) is 1. The highest BCUT2D eigenvalue weighted by molar-refractivity contribution is 5.35. The van der Waals surface area contributed by atoms with Gasteiger partial charge in [0.15, 0.2) is 5.65 Å². The summed E-state index contributed by atoms with van der Waals surface area (Å²) in [5.74, 6) is 0. The van der Waals surface area contributed by atoms with Crippen molar-refractivity contribution in [3.05, 3.63) is 46.8 Å². The maximum Gasteiger partial charge on any atom is 0.350 e. The Balaban J connectivity index is 1.79. The lowest BCUT2D eigenvalue weighted by Crippen LogP contribution is -2.23. The van der Waals surface area contributed by atoms with Gasteiger partial charge in [-0.3, -0.25) is 9.08 Å². The van der Waals surface area contributed by atoms with Crippen LogP contribution >= 0.6 is 0 Å². The van der Waals surface area contributed by atoms with Crippen molar-refractivity contribution in [3.63, 3.8) is 0 Å². The van der Waals surface area contributed by atoms with Gasteiger partial charge in [-0.25, -0.2) is 9.48 Å². The van der Waals surface area contributed by atoms with E-state index in [9.17, 15) is 9.90 Å². The SMILES string of the molecule is CC(C)(O)c1cn(CCn2nc3ccccn3c2=O)nn1. The fourth-order valence-corrected chi connectivity index (χ4v) is 2.00. The number of nitrogens with zero attached hydrogens (tertiary/aromatic N) is 6. The van der Waals surface area contributed by atoms with Gasteiger partial charge >= 0.3 is 5.69 Å². The molecule has 0 bridgehead atoms. The molecule has 0 amide bonds. The van der Waals surface area contributed by atoms with E-state index in [1.54, 1.807) is 43.1 Å². The van der Waals surface area contributed by atoms with Crippen molar-refractivity contribution in [3.8, 4) is 0 Å². The molecule has 0 fully saturated rings. The quantitative estimate of drug-likeness (QED) is 0.730. The first-order chi connectivity index (χ1) is 9.95. The molecule has 8 nitrogen and oxygen atoms in total. The van der Waals surface area contributed by atoms with Crippen LogP contribution in [0.25, 0.3) is 5.65 Å². The molecule has 0 saturated carbocycles. The van der Waals surface area contributed by atoms with Crippen LogP contribution in [-0.2, 0) is 18.7 Å². The highest BCUT2D eigenvalue weighted by atomic mass is 16.3. The normalized spacial score (nSPS) is 12.1. The van der Waals surface area contributed by atoms with E-state index in [1.165, 1.54) is 9.08 Å². The lowest BCUT2D eigenvalue weighted by Gasteiger charge is -2.11. The zero-order valence-electron chi connectivity index (χ0n) is 11.8. The summed E-state index contributed by atoms with van der Waals surface area (Å²) in [7, 11) is 0. The van der Waals surface area contributed by atoms with Crippen LogP contribution in [0.4, 0.5) is 0 Å². The van der Waals surface area contributed by atoms with Crippen LogP contribution in [0.15, 0.2) is 35.4 Å². The second kappa shape index (κ2) is 4.81. The van der Waals surface area contributed by atoms with E-state index in [0.717, 1.165) is 0 Å². The van der Waals surface area contributed by atoms with Crippen molar-refractivity contribution in [2.75, 3.05) is 0 Å². The van der Waals surface area contributed by atoms with Crippen LogP contribution in [0, 0.1) is 0 Å². The minimum atomic E-state index is -1.03. The minimum absolute atomic E-state index is 0.187. The lowest BCUT2D eigenvalue weighted by molar-refractivity contribution is 0.0737. The van der Waals surface area contributed by atoms with E-state index >= 15 is 0 Å². The van der Waals surface area contributed by atoms with Gasteiger partial charge in [-0.05, 0) is 26.0 Å². The van der Waals surface area contributed by atoms with Crippen LogP contribution in [0.1, 0.15) is 19.5 Å². The Morgan fingerprint density at radius 1 is 1.29 bits per heavy atom. The van der Waals surface area contributed by atoms with Crippen LogP contribution in [-0.4, -0.2) is 34.3 Å². The van der Waals surface area contributed by atoms with Crippen molar-refractivity contribution in [1.82, 2.24) is 29.2 Å². The summed E-state index contributed by atoms with van der Waals surface area (Å²) in [6.45, 7) is 4.13. The third-order valence-electron chi connectivity index (χ3n) is 3.19. The van der Waals surface area contributed by atoms with E-state index in [2.05, 4.69) is 15.4 Å². The van der Waals surface area contributed by atoms with E-state index in [1.807, 2.05) is 6.07 Å². The second-order valence-corrected chi connectivity index (χ2v) is 5.36. The first-order valence-electron chi connectivity index (χ1n) is 6.62. The smallest absolute Gasteiger partial charge is 0.350 e. The second-order valence-electron chi connectivity index (χ2n) is 5.36. The van der Waals surface area contributed by atoms with Gasteiger partial charge in [0.25, 0.3) is 0 Å². The van der Waals surface area contributed by atoms with E-state index in [-0.39, 0.29) is 5.69 Å². The maximum absolute atomic E-state index is 12.1. The number of hydrogen-bond acceptors (Lipinski definition) is 5. The number of aliphatic hydroxyl groups is 1. The molecule has 0 spiro atoms. The van der Waals surface area contributed by atoms with Gasteiger partial charge in [0.1, 0.15) is 11.3 Å². The molecule has 0 saturated heterocycles. The fourth-order valence-electron chi connectivity index (χ4n) is 2.00. The van der Waals surface area contributed by atoms with Gasteiger partial charge in [-0.15, -0.1) is 10.2 Å². The van der Waals surface area contributed by atoms with Crippen molar-refractivity contribution in [2.45, 2.75) is 32.5 Å². The number of aromatic nitrogens is 6. The summed E-state index contributed by atoms with van der Waals surface area (Å²) in [4.78, 5) is 12.1. The number of pyridine rings is 1. The summed E-state index contributed by atoms with van der Waals surface area (Å²) >= 11 is 0. The monoisotopic (exact) mass is 288 g/mol. The van der Waals surface area contributed by atoms with Gasteiger partial charge in [-0.2, -0.15) is 0 Å². The molecule has 3 aromatic heterocycles. The van der Waals surface area contributed by atoms with Crippen molar-refractivity contribution in [1.29, 1.82) is 0 Å². The maximum atomic E-state index is 12.1. The molecule has 0 radical (unpaired) electrons. The molecule has 3 rings (SSSR count). The molecule has 0 atom stereocenters. The molecule has 8 heteroatoms. The molecule has 110 valence electrons. The average molecular weight is 288 g/mol. The average Bonchev–Trinajstić information content (AvgIpc) is 3.02. The molecule has 21 heavy (non-hydrogen) atoms. The summed E-state index contributed by atoms with van der Waals surface area (Å²) in [6.07, 6.45) is 3.35. The van der Waals surface area contributed by atoms with Crippen LogP contribution < -0.4 is 5.69 Å². The Kier molecular flexibility index (Phi) is 3.09. The number of aryl methyl sites for hydroxylation is 2. The Morgan fingerprint density at radius 3 is 2.76 bits per heavy atom. The summed E-state index contributed by atoms with van der Waals surface area (Å²) in [5, 5.41) is 21.9. The number of fused-ring (bicyclic) bond motifs is 1. The third kappa shape index (κ3) is 2.57. The molecule has 3 aromatic rings. The van der Waals surface area contributed by atoms with Gasteiger partial charge in [0, 0.05) is 6.20 Å². The van der Waals surface area contributed by atoms with Crippen molar-refractivity contribution < 1.29 is 5.11 Å². The molecule has 0 aliphatic heterocycles. The van der Waals surface area contributed by atoms with Gasteiger partial charge < -0.3 is 5.11 Å². The largest absolute Gasteiger partial charge is 0.384 e. The van der Waals surface area contributed by atoms with Gasteiger partial charge in [0.2, 0.25) is 0 Å². The standard InChI is InChI=1S/C13H16N6O2/c1-13(2,21)10-9-17(16-14-10)7-8-19-12(20)18-6-4-3-5-11(18)15-19/h3-6,9,21H,7-8H2,1-2H3. The Morgan fingerprint density at radius 2 is 2.10 bits per heavy atom. The molecule has 0 aromatic carbocycles. The summed E-state index contributed by atoms with van der Waals surface area (Å²) in [5.41, 5.74) is -0.116. The third-order valence-corrected chi connectivity index (χ3v) is 3.19. The molecule has 1 N–H and O–H groups in total. The molecule has 0 aliphatic rings. The van der Waals surface area contributed by atoms with Crippen LogP contribution in [0.2, 0.25) is 0 Å². The topological polar surface area (TPSA) is 90.2 Å². The molecular formula is C13H16N6O2. The zero-order chi connectivity index (χ0) is 15.0. The van der Waals surface area contributed by atoms with E-state index < -0.39 is 5.60 Å². The Labute approximate surface area is 120 Å². The summed E-state index contributed by atoms with van der Waals surface area (Å²) < 4.78 is 4.47. The van der Waals surface area contributed by atoms with Gasteiger partial charge in [-0.1, -0.05) is 11.3 Å². The minimum Gasteiger partial charge on any atom is -0.384 e.